The molecule has 2 heteroatoms. The molecule has 0 saturated heterocycles. The molecule has 0 unspecified atom stereocenters. The molecule has 82 valence electrons. The first kappa shape index (κ1) is 10.3. The van der Waals surface area contributed by atoms with Crippen LogP contribution in [-0.2, 0) is 0 Å². The lowest BCUT2D eigenvalue weighted by molar-refractivity contribution is 0.299. The third-order valence-corrected chi connectivity index (χ3v) is 3.45. The van der Waals surface area contributed by atoms with Gasteiger partial charge in [-0.3, -0.25) is 0 Å². The number of nitrogens with zero attached hydrogens (tertiary/aromatic N) is 1. The van der Waals surface area contributed by atoms with E-state index in [0.29, 0.717) is 0 Å². The number of rotatable bonds is 4. The fourth-order valence-corrected chi connectivity index (χ4v) is 2.11. The molecular formula is C13H20N2. The minimum Gasteiger partial charge on any atom is -0.397 e. The molecule has 0 heterocycles. The minimum absolute atomic E-state index is 0.883. The number of anilines is 2. The summed E-state index contributed by atoms with van der Waals surface area (Å²) in [4.78, 5) is 2.27. The van der Waals surface area contributed by atoms with Crippen molar-refractivity contribution < 1.29 is 0 Å². The van der Waals surface area contributed by atoms with Crippen LogP contribution in [0.5, 0.6) is 0 Å². The fraction of sp³-hybridized carbons (Fsp3) is 0.538. The molecule has 2 rings (SSSR count). The average Bonchev–Trinajstić information content (AvgIpc) is 2.16. The van der Waals surface area contributed by atoms with Crippen LogP contribution in [0.25, 0.3) is 0 Å². The lowest BCUT2D eigenvalue weighted by atomic mass is 9.83. The number of benzene rings is 1. The highest BCUT2D eigenvalue weighted by atomic mass is 15.1. The van der Waals surface area contributed by atoms with E-state index in [4.69, 9.17) is 5.73 Å². The number of nitrogen functional groups attached to an aromatic ring is 1. The summed E-state index contributed by atoms with van der Waals surface area (Å²) in [5.74, 6) is 0.970. The van der Waals surface area contributed by atoms with Crippen molar-refractivity contribution in [2.75, 3.05) is 24.2 Å². The van der Waals surface area contributed by atoms with Crippen LogP contribution in [0.4, 0.5) is 11.4 Å². The lowest BCUT2D eigenvalue weighted by Crippen LogP contribution is -2.24. The summed E-state index contributed by atoms with van der Waals surface area (Å²) >= 11 is 0. The highest BCUT2D eigenvalue weighted by molar-refractivity contribution is 5.66. The van der Waals surface area contributed by atoms with E-state index in [1.54, 1.807) is 0 Å². The van der Waals surface area contributed by atoms with E-state index < -0.39 is 0 Å². The first-order chi connectivity index (χ1) is 7.27. The molecule has 0 aliphatic heterocycles. The summed E-state index contributed by atoms with van der Waals surface area (Å²) in [7, 11) is 2.13. The Morgan fingerprint density at radius 1 is 1.33 bits per heavy atom. The van der Waals surface area contributed by atoms with E-state index in [1.807, 2.05) is 18.2 Å². The standard InChI is InChI=1S/C13H20N2/c1-15(10-9-11-5-4-6-11)13-8-3-2-7-12(13)14/h2-3,7-8,11H,4-6,9-10,14H2,1H3. The van der Waals surface area contributed by atoms with E-state index in [-0.39, 0.29) is 0 Å². The van der Waals surface area contributed by atoms with Gasteiger partial charge in [0, 0.05) is 13.6 Å². The van der Waals surface area contributed by atoms with Gasteiger partial charge < -0.3 is 10.6 Å². The van der Waals surface area contributed by atoms with Gasteiger partial charge in [0.05, 0.1) is 11.4 Å². The Balaban J connectivity index is 1.89. The summed E-state index contributed by atoms with van der Waals surface area (Å²) in [6.07, 6.45) is 5.60. The minimum atomic E-state index is 0.883. The predicted octanol–water partition coefficient (Wildman–Crippen LogP) is 2.90. The Labute approximate surface area is 92.1 Å². The molecule has 0 bridgehead atoms. The molecule has 1 aliphatic rings. The second-order valence-corrected chi connectivity index (χ2v) is 4.57. The van der Waals surface area contributed by atoms with Crippen molar-refractivity contribution in [2.45, 2.75) is 25.7 Å². The van der Waals surface area contributed by atoms with Crippen molar-refractivity contribution in [2.24, 2.45) is 5.92 Å². The van der Waals surface area contributed by atoms with Gasteiger partial charge in [-0.25, -0.2) is 0 Å². The predicted molar refractivity (Wildman–Crippen MR) is 66.1 cm³/mol. The summed E-state index contributed by atoms with van der Waals surface area (Å²) < 4.78 is 0. The van der Waals surface area contributed by atoms with Crippen molar-refractivity contribution in [3.63, 3.8) is 0 Å². The van der Waals surface area contributed by atoms with Crippen LogP contribution >= 0.6 is 0 Å². The molecule has 1 fully saturated rings. The van der Waals surface area contributed by atoms with Crippen LogP contribution < -0.4 is 10.6 Å². The Kier molecular flexibility index (Phi) is 3.14. The molecule has 0 spiro atoms. The SMILES string of the molecule is CN(CCC1CCC1)c1ccccc1N. The van der Waals surface area contributed by atoms with E-state index in [2.05, 4.69) is 18.0 Å². The van der Waals surface area contributed by atoms with Crippen LogP contribution in [0.15, 0.2) is 24.3 Å². The summed E-state index contributed by atoms with van der Waals surface area (Å²) in [6, 6.07) is 8.09. The van der Waals surface area contributed by atoms with Gasteiger partial charge in [0.15, 0.2) is 0 Å². The zero-order valence-electron chi connectivity index (χ0n) is 9.45. The molecule has 1 aliphatic carbocycles. The largest absolute Gasteiger partial charge is 0.397 e. The third kappa shape index (κ3) is 2.44. The topological polar surface area (TPSA) is 29.3 Å². The first-order valence-corrected chi connectivity index (χ1v) is 5.83. The smallest absolute Gasteiger partial charge is 0.0597 e. The van der Waals surface area contributed by atoms with Crippen molar-refractivity contribution in [1.82, 2.24) is 0 Å². The zero-order chi connectivity index (χ0) is 10.7. The maximum absolute atomic E-state index is 5.93. The number of para-hydroxylation sites is 2. The van der Waals surface area contributed by atoms with Crippen LogP contribution in [0.3, 0.4) is 0 Å². The molecule has 0 aromatic heterocycles. The monoisotopic (exact) mass is 204 g/mol. The van der Waals surface area contributed by atoms with Crippen molar-refractivity contribution in [3.8, 4) is 0 Å². The number of nitrogens with two attached hydrogens (primary N) is 1. The quantitative estimate of drug-likeness (QED) is 0.764. The molecule has 1 saturated carbocycles. The summed E-state index contributed by atoms with van der Waals surface area (Å²) in [6.45, 7) is 1.12. The second-order valence-electron chi connectivity index (χ2n) is 4.57. The fourth-order valence-electron chi connectivity index (χ4n) is 2.11. The second kappa shape index (κ2) is 4.56. The molecule has 1 aromatic rings. The van der Waals surface area contributed by atoms with Crippen molar-refractivity contribution in [1.29, 1.82) is 0 Å². The van der Waals surface area contributed by atoms with Gasteiger partial charge in [-0.15, -0.1) is 0 Å². The van der Waals surface area contributed by atoms with Crippen LogP contribution in [0.2, 0.25) is 0 Å². The highest BCUT2D eigenvalue weighted by Gasteiger charge is 2.17. The zero-order valence-corrected chi connectivity index (χ0v) is 9.45. The summed E-state index contributed by atoms with van der Waals surface area (Å²) in [5, 5.41) is 0. The molecule has 0 atom stereocenters. The number of hydrogen-bond acceptors (Lipinski definition) is 2. The molecular weight excluding hydrogens is 184 g/mol. The van der Waals surface area contributed by atoms with Crippen molar-refractivity contribution >= 4 is 11.4 Å². The molecule has 1 aromatic carbocycles. The van der Waals surface area contributed by atoms with Crippen LogP contribution in [0, 0.1) is 5.92 Å². The van der Waals surface area contributed by atoms with Gasteiger partial charge in [0.2, 0.25) is 0 Å². The van der Waals surface area contributed by atoms with Gasteiger partial charge in [-0.05, 0) is 24.5 Å². The van der Waals surface area contributed by atoms with Gasteiger partial charge in [0.1, 0.15) is 0 Å². The van der Waals surface area contributed by atoms with Crippen LogP contribution in [-0.4, -0.2) is 13.6 Å². The first-order valence-electron chi connectivity index (χ1n) is 5.83. The number of hydrogen-bond donors (Lipinski definition) is 1. The van der Waals surface area contributed by atoms with Crippen molar-refractivity contribution in [3.05, 3.63) is 24.3 Å². The van der Waals surface area contributed by atoms with E-state index in [9.17, 15) is 0 Å². The Bertz CT molecular complexity index is 318. The Morgan fingerprint density at radius 2 is 2.07 bits per heavy atom. The molecule has 2 nitrogen and oxygen atoms in total. The Hall–Kier alpha value is -1.18. The van der Waals surface area contributed by atoms with Crippen LogP contribution in [0.1, 0.15) is 25.7 Å². The van der Waals surface area contributed by atoms with E-state index >= 15 is 0 Å². The van der Waals surface area contributed by atoms with Gasteiger partial charge in [-0.2, -0.15) is 0 Å². The van der Waals surface area contributed by atoms with Gasteiger partial charge >= 0.3 is 0 Å². The highest BCUT2D eigenvalue weighted by Crippen LogP contribution is 2.30. The van der Waals surface area contributed by atoms with E-state index in [1.165, 1.54) is 25.7 Å². The maximum Gasteiger partial charge on any atom is 0.0597 e. The lowest BCUT2D eigenvalue weighted by Gasteiger charge is -2.29. The molecule has 15 heavy (non-hydrogen) atoms. The normalized spacial score (nSPS) is 16.1. The third-order valence-electron chi connectivity index (χ3n) is 3.45. The molecule has 0 amide bonds. The van der Waals surface area contributed by atoms with Gasteiger partial charge in [0.25, 0.3) is 0 Å². The maximum atomic E-state index is 5.93. The average molecular weight is 204 g/mol. The van der Waals surface area contributed by atoms with Gasteiger partial charge in [-0.1, -0.05) is 31.4 Å². The molecule has 2 N–H and O–H groups in total. The molecule has 0 radical (unpaired) electrons. The summed E-state index contributed by atoms with van der Waals surface area (Å²) in [5.41, 5.74) is 7.98. The van der Waals surface area contributed by atoms with E-state index in [0.717, 1.165) is 23.8 Å². The Morgan fingerprint density at radius 3 is 2.67 bits per heavy atom.